The predicted octanol–water partition coefficient (Wildman–Crippen LogP) is 4.59. The van der Waals surface area contributed by atoms with E-state index in [4.69, 9.17) is 9.47 Å². The monoisotopic (exact) mass is 352 g/mol. The third-order valence-electron chi connectivity index (χ3n) is 6.10. The molecule has 2 aliphatic rings. The van der Waals surface area contributed by atoms with Gasteiger partial charge in [0.2, 0.25) is 0 Å². The lowest BCUT2D eigenvalue weighted by Crippen LogP contribution is -2.31. The van der Waals surface area contributed by atoms with Gasteiger partial charge < -0.3 is 14.6 Å². The van der Waals surface area contributed by atoms with Crippen molar-refractivity contribution in [2.45, 2.75) is 51.2 Å². The molecule has 1 N–H and O–H groups in total. The van der Waals surface area contributed by atoms with Crippen LogP contribution in [0, 0.1) is 12.3 Å². The van der Waals surface area contributed by atoms with Gasteiger partial charge in [0.05, 0.1) is 25.9 Å². The molecule has 1 saturated carbocycles. The van der Waals surface area contributed by atoms with E-state index in [1.165, 1.54) is 35.1 Å². The van der Waals surface area contributed by atoms with Crippen molar-refractivity contribution < 1.29 is 14.6 Å². The topological polar surface area (TPSA) is 38.7 Å². The number of hydrogen-bond acceptors (Lipinski definition) is 3. The maximum atomic E-state index is 9.62. The quantitative estimate of drug-likeness (QED) is 0.855. The van der Waals surface area contributed by atoms with Gasteiger partial charge in [0.1, 0.15) is 5.75 Å². The smallest absolute Gasteiger partial charge is 0.118 e. The summed E-state index contributed by atoms with van der Waals surface area (Å²) in [5, 5.41) is 9.62. The van der Waals surface area contributed by atoms with E-state index in [2.05, 4.69) is 37.3 Å². The van der Waals surface area contributed by atoms with Gasteiger partial charge in [-0.25, -0.2) is 0 Å². The standard InChI is InChI=1S/C23H28O3/c1-16-3-6-18(22-14-23(9-10-23)13-21(15-24)26-22)12-19(16)11-17-4-7-20(25-2)8-5-17/h3-8,12,21-22,24H,9-11,13-15H2,1-2H3. The lowest BCUT2D eigenvalue weighted by atomic mass is 9.85. The van der Waals surface area contributed by atoms with Crippen LogP contribution < -0.4 is 4.74 Å². The Morgan fingerprint density at radius 1 is 1.12 bits per heavy atom. The number of hydrogen-bond donors (Lipinski definition) is 1. The summed E-state index contributed by atoms with van der Waals surface area (Å²) in [6.45, 7) is 2.30. The fourth-order valence-corrected chi connectivity index (χ4v) is 4.22. The molecule has 26 heavy (non-hydrogen) atoms. The average molecular weight is 352 g/mol. The van der Waals surface area contributed by atoms with Gasteiger partial charge in [-0.15, -0.1) is 0 Å². The fraction of sp³-hybridized carbons (Fsp3) is 0.478. The summed E-state index contributed by atoms with van der Waals surface area (Å²) in [7, 11) is 1.69. The van der Waals surface area contributed by atoms with Crippen molar-refractivity contribution in [2.24, 2.45) is 5.41 Å². The molecule has 0 aromatic heterocycles. The van der Waals surface area contributed by atoms with Crippen molar-refractivity contribution >= 4 is 0 Å². The normalized spacial score (nSPS) is 23.8. The largest absolute Gasteiger partial charge is 0.497 e. The van der Waals surface area contributed by atoms with Crippen molar-refractivity contribution in [2.75, 3.05) is 13.7 Å². The Hall–Kier alpha value is -1.84. The highest BCUT2D eigenvalue weighted by atomic mass is 16.5. The van der Waals surface area contributed by atoms with Crippen LogP contribution in [0.4, 0.5) is 0 Å². The van der Waals surface area contributed by atoms with Crippen molar-refractivity contribution in [1.29, 1.82) is 0 Å². The van der Waals surface area contributed by atoms with Crippen molar-refractivity contribution in [1.82, 2.24) is 0 Å². The highest BCUT2D eigenvalue weighted by Crippen LogP contribution is 2.59. The van der Waals surface area contributed by atoms with Crippen molar-refractivity contribution in [3.63, 3.8) is 0 Å². The molecule has 1 heterocycles. The summed E-state index contributed by atoms with van der Waals surface area (Å²) < 4.78 is 11.5. The SMILES string of the molecule is COc1ccc(Cc2cc(C3CC4(CC4)CC(CO)O3)ccc2C)cc1. The van der Waals surface area contributed by atoms with Gasteiger partial charge in [0, 0.05) is 0 Å². The summed E-state index contributed by atoms with van der Waals surface area (Å²) >= 11 is 0. The molecule has 2 fully saturated rings. The summed E-state index contributed by atoms with van der Waals surface area (Å²) in [5.41, 5.74) is 5.61. The first kappa shape index (κ1) is 17.6. The van der Waals surface area contributed by atoms with Crippen LogP contribution in [0.15, 0.2) is 42.5 Å². The van der Waals surface area contributed by atoms with E-state index in [1.54, 1.807) is 7.11 Å². The summed E-state index contributed by atoms with van der Waals surface area (Å²) in [6.07, 6.45) is 5.69. The third kappa shape index (κ3) is 3.65. The minimum atomic E-state index is -0.0115. The van der Waals surface area contributed by atoms with Gasteiger partial charge in [-0.2, -0.15) is 0 Å². The Morgan fingerprint density at radius 3 is 2.54 bits per heavy atom. The first-order valence-electron chi connectivity index (χ1n) is 9.59. The van der Waals surface area contributed by atoms with E-state index in [-0.39, 0.29) is 18.8 Å². The molecule has 4 rings (SSSR count). The second-order valence-electron chi connectivity index (χ2n) is 8.05. The van der Waals surface area contributed by atoms with Crippen LogP contribution in [0.1, 0.15) is 54.0 Å². The molecule has 2 aromatic rings. The summed E-state index contributed by atoms with van der Waals surface area (Å²) in [4.78, 5) is 0. The number of aryl methyl sites for hydroxylation is 1. The number of ether oxygens (including phenoxy) is 2. The Morgan fingerprint density at radius 2 is 1.88 bits per heavy atom. The van der Waals surface area contributed by atoms with Gasteiger partial charge in [-0.1, -0.05) is 30.3 Å². The van der Waals surface area contributed by atoms with E-state index >= 15 is 0 Å². The molecule has 1 aliphatic carbocycles. The van der Waals surface area contributed by atoms with Crippen molar-refractivity contribution in [3.8, 4) is 5.75 Å². The lowest BCUT2D eigenvalue weighted by Gasteiger charge is -2.35. The van der Waals surface area contributed by atoms with Gasteiger partial charge in [0.15, 0.2) is 0 Å². The zero-order valence-electron chi connectivity index (χ0n) is 15.7. The molecule has 138 valence electrons. The number of rotatable bonds is 5. The second-order valence-corrected chi connectivity index (χ2v) is 8.05. The van der Waals surface area contributed by atoms with Crippen LogP contribution in [-0.4, -0.2) is 24.9 Å². The number of aliphatic hydroxyl groups excluding tert-OH is 1. The number of aliphatic hydroxyl groups is 1. The third-order valence-corrected chi connectivity index (χ3v) is 6.10. The Kier molecular flexibility index (Phi) is 4.76. The van der Waals surface area contributed by atoms with E-state index in [0.717, 1.165) is 25.0 Å². The first-order chi connectivity index (χ1) is 12.6. The molecule has 0 radical (unpaired) electrons. The zero-order valence-corrected chi connectivity index (χ0v) is 15.7. The van der Waals surface area contributed by atoms with E-state index in [1.807, 2.05) is 12.1 Å². The van der Waals surface area contributed by atoms with Gasteiger partial charge in [-0.3, -0.25) is 0 Å². The lowest BCUT2D eigenvalue weighted by molar-refractivity contribution is -0.0988. The Labute approximate surface area is 156 Å². The maximum absolute atomic E-state index is 9.62. The molecule has 2 aromatic carbocycles. The van der Waals surface area contributed by atoms with Gasteiger partial charge in [0.25, 0.3) is 0 Å². The zero-order chi connectivity index (χ0) is 18.1. The Bertz CT molecular complexity index is 762. The molecule has 3 nitrogen and oxygen atoms in total. The molecule has 1 spiro atoms. The van der Waals surface area contributed by atoms with Gasteiger partial charge in [-0.05, 0) is 78.8 Å². The highest BCUT2D eigenvalue weighted by molar-refractivity contribution is 5.38. The predicted molar refractivity (Wildman–Crippen MR) is 103 cm³/mol. The molecule has 0 bridgehead atoms. The second kappa shape index (κ2) is 7.05. The maximum Gasteiger partial charge on any atom is 0.118 e. The van der Waals surface area contributed by atoms with E-state index in [9.17, 15) is 5.11 Å². The summed E-state index contributed by atoms with van der Waals surface area (Å²) in [5.74, 6) is 0.889. The average Bonchev–Trinajstić information content (AvgIpc) is 3.41. The van der Waals surface area contributed by atoms with Crippen LogP contribution in [0.25, 0.3) is 0 Å². The molecule has 2 unspecified atom stereocenters. The Balaban J connectivity index is 1.55. The number of methoxy groups -OCH3 is 1. The van der Waals surface area contributed by atoms with Crippen molar-refractivity contribution in [3.05, 3.63) is 64.7 Å². The molecular weight excluding hydrogens is 324 g/mol. The molecule has 2 atom stereocenters. The van der Waals surface area contributed by atoms with Gasteiger partial charge >= 0.3 is 0 Å². The van der Waals surface area contributed by atoms with Crippen LogP contribution >= 0.6 is 0 Å². The van der Waals surface area contributed by atoms with E-state index < -0.39 is 0 Å². The fourth-order valence-electron chi connectivity index (χ4n) is 4.22. The van der Waals surface area contributed by atoms with Crippen LogP contribution in [0.2, 0.25) is 0 Å². The highest BCUT2D eigenvalue weighted by Gasteiger charge is 2.49. The van der Waals surface area contributed by atoms with E-state index in [0.29, 0.717) is 5.41 Å². The first-order valence-corrected chi connectivity index (χ1v) is 9.59. The molecule has 3 heteroatoms. The van der Waals surface area contributed by atoms with Crippen LogP contribution in [0.3, 0.4) is 0 Å². The summed E-state index contributed by atoms with van der Waals surface area (Å²) in [6, 6.07) is 15.0. The number of benzene rings is 2. The molecular formula is C23H28O3. The molecule has 1 saturated heterocycles. The minimum absolute atomic E-state index is 0.0115. The minimum Gasteiger partial charge on any atom is -0.497 e. The molecule has 0 amide bonds. The molecule has 1 aliphatic heterocycles. The van der Waals surface area contributed by atoms with Crippen LogP contribution in [-0.2, 0) is 11.2 Å². The van der Waals surface area contributed by atoms with Crippen LogP contribution in [0.5, 0.6) is 5.75 Å².